The molecule has 0 atom stereocenters. The first-order chi connectivity index (χ1) is 10.1. The number of unbranched alkanes of at least 4 members (excludes halogenated alkanes) is 1. The zero-order valence-corrected chi connectivity index (χ0v) is 11.8. The number of carboxylic acid groups (broad SMARTS) is 1. The third kappa shape index (κ3) is 3.95. The zero-order chi connectivity index (χ0) is 15.2. The van der Waals surface area contributed by atoms with Crippen LogP contribution in [0.1, 0.15) is 46.2 Å². The topological polar surface area (TPSA) is 79.5 Å². The van der Waals surface area contributed by atoms with Crippen molar-refractivity contribution in [1.29, 1.82) is 0 Å². The second-order valence-electron chi connectivity index (χ2n) is 4.76. The lowest BCUT2D eigenvalue weighted by molar-refractivity contribution is 0.0696. The summed E-state index contributed by atoms with van der Waals surface area (Å²) in [6.07, 6.45) is 4.34. The quantitative estimate of drug-likeness (QED) is 0.851. The van der Waals surface area contributed by atoms with Crippen LogP contribution in [0.5, 0.6) is 0 Å². The van der Waals surface area contributed by atoms with E-state index in [0.29, 0.717) is 5.69 Å². The van der Waals surface area contributed by atoms with Crippen LogP contribution in [-0.2, 0) is 6.42 Å². The first kappa shape index (κ1) is 14.8. The van der Waals surface area contributed by atoms with Crippen LogP contribution in [0, 0.1) is 0 Å². The number of carbonyl (C=O) groups excluding carboxylic acids is 1. The van der Waals surface area contributed by atoms with E-state index in [0.717, 1.165) is 25.5 Å². The minimum atomic E-state index is -1.13. The smallest absolute Gasteiger partial charge is 0.338 e. The van der Waals surface area contributed by atoms with E-state index in [1.165, 1.54) is 11.6 Å². The standard InChI is InChI=1S/C16H17NO4/c1-2-3-4-11-5-7-13(8-6-11)17-15(18)14-9-12(10-21-14)16(19)20/h5-10H,2-4H2,1H3,(H,17,18)(H,19,20). The molecule has 21 heavy (non-hydrogen) atoms. The number of amides is 1. The monoisotopic (exact) mass is 287 g/mol. The summed E-state index contributed by atoms with van der Waals surface area (Å²) in [5.41, 5.74) is 1.82. The normalized spacial score (nSPS) is 10.3. The van der Waals surface area contributed by atoms with Gasteiger partial charge >= 0.3 is 5.97 Å². The lowest BCUT2D eigenvalue weighted by atomic mass is 10.1. The first-order valence-electron chi connectivity index (χ1n) is 6.82. The summed E-state index contributed by atoms with van der Waals surface area (Å²) in [5.74, 6) is -1.62. The highest BCUT2D eigenvalue weighted by molar-refractivity contribution is 6.03. The Morgan fingerprint density at radius 3 is 2.52 bits per heavy atom. The molecule has 0 unspecified atom stereocenters. The molecule has 0 aliphatic heterocycles. The fraction of sp³-hybridized carbons (Fsp3) is 0.250. The maximum atomic E-state index is 11.9. The van der Waals surface area contributed by atoms with E-state index in [1.54, 1.807) is 0 Å². The van der Waals surface area contributed by atoms with E-state index in [2.05, 4.69) is 12.2 Å². The highest BCUT2D eigenvalue weighted by Gasteiger charge is 2.14. The summed E-state index contributed by atoms with van der Waals surface area (Å²) in [5, 5.41) is 11.4. The zero-order valence-electron chi connectivity index (χ0n) is 11.8. The molecule has 0 radical (unpaired) electrons. The summed E-state index contributed by atoms with van der Waals surface area (Å²) in [7, 11) is 0. The van der Waals surface area contributed by atoms with Crippen LogP contribution in [0.25, 0.3) is 0 Å². The van der Waals surface area contributed by atoms with Gasteiger partial charge in [0, 0.05) is 11.8 Å². The maximum absolute atomic E-state index is 11.9. The Bertz CT molecular complexity index is 628. The molecule has 1 aromatic carbocycles. The summed E-state index contributed by atoms with van der Waals surface area (Å²) >= 11 is 0. The fourth-order valence-corrected chi connectivity index (χ4v) is 1.90. The summed E-state index contributed by atoms with van der Waals surface area (Å²) in [6, 6.07) is 8.79. The molecule has 0 saturated carbocycles. The van der Waals surface area contributed by atoms with Crippen molar-refractivity contribution in [1.82, 2.24) is 0 Å². The van der Waals surface area contributed by atoms with Crippen molar-refractivity contribution in [2.45, 2.75) is 26.2 Å². The maximum Gasteiger partial charge on any atom is 0.338 e. The number of carboxylic acids is 1. The highest BCUT2D eigenvalue weighted by Crippen LogP contribution is 2.14. The minimum absolute atomic E-state index is 0.0255. The Labute approximate surface area is 122 Å². The van der Waals surface area contributed by atoms with Crippen LogP contribution in [0.3, 0.4) is 0 Å². The molecule has 1 heterocycles. The van der Waals surface area contributed by atoms with E-state index < -0.39 is 11.9 Å². The lowest BCUT2D eigenvalue weighted by Gasteiger charge is -2.05. The number of hydrogen-bond donors (Lipinski definition) is 2. The molecule has 0 spiro atoms. The number of benzene rings is 1. The number of nitrogens with one attached hydrogen (secondary N) is 1. The third-order valence-electron chi connectivity index (χ3n) is 3.10. The first-order valence-corrected chi connectivity index (χ1v) is 6.82. The summed E-state index contributed by atoms with van der Waals surface area (Å²) < 4.78 is 4.94. The van der Waals surface area contributed by atoms with Crippen molar-refractivity contribution in [3.63, 3.8) is 0 Å². The predicted molar refractivity (Wildman–Crippen MR) is 78.7 cm³/mol. The number of hydrogen-bond acceptors (Lipinski definition) is 3. The number of carbonyl (C=O) groups is 2. The van der Waals surface area contributed by atoms with Crippen molar-refractivity contribution in [2.24, 2.45) is 0 Å². The number of aromatic carboxylic acids is 1. The van der Waals surface area contributed by atoms with Crippen molar-refractivity contribution in [2.75, 3.05) is 5.32 Å². The molecule has 1 amide bonds. The van der Waals surface area contributed by atoms with Crippen LogP contribution >= 0.6 is 0 Å². The number of furan rings is 1. The van der Waals surface area contributed by atoms with Gasteiger partial charge in [0.2, 0.25) is 0 Å². The molecule has 0 aliphatic carbocycles. The Morgan fingerprint density at radius 1 is 1.24 bits per heavy atom. The van der Waals surface area contributed by atoms with Crippen LogP contribution < -0.4 is 5.32 Å². The molecule has 0 saturated heterocycles. The Hall–Kier alpha value is -2.56. The van der Waals surface area contributed by atoms with Gasteiger partial charge in [-0.25, -0.2) is 4.79 Å². The predicted octanol–water partition coefficient (Wildman–Crippen LogP) is 3.57. The van der Waals surface area contributed by atoms with Gasteiger partial charge in [-0.2, -0.15) is 0 Å². The Balaban J connectivity index is 2.00. The molecular formula is C16H17NO4. The van der Waals surface area contributed by atoms with Crippen molar-refractivity contribution in [3.8, 4) is 0 Å². The van der Waals surface area contributed by atoms with E-state index in [1.807, 2.05) is 24.3 Å². The molecule has 0 bridgehead atoms. The van der Waals surface area contributed by atoms with E-state index >= 15 is 0 Å². The molecular weight excluding hydrogens is 270 g/mol. The van der Waals surface area contributed by atoms with E-state index in [9.17, 15) is 9.59 Å². The largest absolute Gasteiger partial charge is 0.478 e. The third-order valence-corrected chi connectivity index (χ3v) is 3.10. The molecule has 2 rings (SSSR count). The molecule has 0 fully saturated rings. The summed E-state index contributed by atoms with van der Waals surface area (Å²) in [6.45, 7) is 2.14. The fourth-order valence-electron chi connectivity index (χ4n) is 1.90. The minimum Gasteiger partial charge on any atom is -0.478 e. The van der Waals surface area contributed by atoms with Crippen LogP contribution in [-0.4, -0.2) is 17.0 Å². The molecule has 110 valence electrons. The Morgan fingerprint density at radius 2 is 1.95 bits per heavy atom. The molecule has 5 heteroatoms. The molecule has 2 N–H and O–H groups in total. The Kier molecular flexibility index (Phi) is 4.77. The van der Waals surface area contributed by atoms with Gasteiger partial charge in [0.25, 0.3) is 5.91 Å². The average molecular weight is 287 g/mol. The van der Waals surface area contributed by atoms with Gasteiger partial charge < -0.3 is 14.8 Å². The van der Waals surface area contributed by atoms with Gasteiger partial charge in [0.1, 0.15) is 6.26 Å². The summed E-state index contributed by atoms with van der Waals surface area (Å²) in [4.78, 5) is 22.6. The second kappa shape index (κ2) is 6.74. The van der Waals surface area contributed by atoms with Crippen molar-refractivity contribution >= 4 is 17.6 Å². The number of rotatable bonds is 6. The van der Waals surface area contributed by atoms with Crippen LogP contribution in [0.15, 0.2) is 41.0 Å². The molecule has 2 aromatic rings. The van der Waals surface area contributed by atoms with Gasteiger partial charge in [-0.15, -0.1) is 0 Å². The SMILES string of the molecule is CCCCc1ccc(NC(=O)c2cc(C(=O)O)co2)cc1. The second-order valence-corrected chi connectivity index (χ2v) is 4.76. The van der Waals surface area contributed by atoms with Crippen molar-refractivity contribution < 1.29 is 19.1 Å². The highest BCUT2D eigenvalue weighted by atomic mass is 16.4. The van der Waals surface area contributed by atoms with Gasteiger partial charge in [-0.1, -0.05) is 25.5 Å². The van der Waals surface area contributed by atoms with Crippen LogP contribution in [0.4, 0.5) is 5.69 Å². The van der Waals surface area contributed by atoms with E-state index in [-0.39, 0.29) is 11.3 Å². The number of aryl methyl sites for hydroxylation is 1. The van der Waals surface area contributed by atoms with Crippen molar-refractivity contribution in [3.05, 3.63) is 53.5 Å². The van der Waals surface area contributed by atoms with Crippen LogP contribution in [0.2, 0.25) is 0 Å². The van der Waals surface area contributed by atoms with Gasteiger partial charge in [-0.3, -0.25) is 4.79 Å². The molecule has 5 nitrogen and oxygen atoms in total. The molecule has 1 aromatic heterocycles. The molecule has 0 aliphatic rings. The van der Waals surface area contributed by atoms with Gasteiger partial charge in [0.05, 0.1) is 5.56 Å². The number of anilines is 1. The van der Waals surface area contributed by atoms with Gasteiger partial charge in [0.15, 0.2) is 5.76 Å². The van der Waals surface area contributed by atoms with E-state index in [4.69, 9.17) is 9.52 Å². The lowest BCUT2D eigenvalue weighted by Crippen LogP contribution is -2.10. The average Bonchev–Trinajstić information content (AvgIpc) is 2.97. The van der Waals surface area contributed by atoms with Gasteiger partial charge in [-0.05, 0) is 30.5 Å².